The molecule has 14 nitrogen and oxygen atoms in total. The van der Waals surface area contributed by atoms with Crippen molar-refractivity contribution in [1.29, 1.82) is 0 Å². The van der Waals surface area contributed by atoms with Crippen molar-refractivity contribution in [3.63, 3.8) is 0 Å². The second-order valence-electron chi connectivity index (χ2n) is 11.9. The summed E-state index contributed by atoms with van der Waals surface area (Å²) in [5, 5.41) is 19.8. The molecule has 5 atom stereocenters. The van der Waals surface area contributed by atoms with E-state index in [9.17, 15) is 32.7 Å². The zero-order valence-electron chi connectivity index (χ0n) is 29.0. The minimum Gasteiger partial charge on any atom is -0.382 e. The van der Waals surface area contributed by atoms with Gasteiger partial charge in [0.1, 0.15) is 23.1 Å². The normalized spacial score (nSPS) is 15.3. The minimum absolute atomic E-state index is 0.211. The second kappa shape index (κ2) is 20.4. The third-order valence-electron chi connectivity index (χ3n) is 7.62. The average Bonchev–Trinajstić information content (AvgIpc) is 3.51. The van der Waals surface area contributed by atoms with Crippen LogP contribution in [0.5, 0.6) is 0 Å². The molecule has 5 unspecified atom stereocenters. The van der Waals surface area contributed by atoms with Crippen LogP contribution in [0.25, 0.3) is 0 Å². The van der Waals surface area contributed by atoms with Crippen LogP contribution in [-0.2, 0) is 38.2 Å². The number of hydrogen-bond acceptors (Lipinski definition) is 12. The lowest BCUT2D eigenvalue weighted by Gasteiger charge is -2.33. The van der Waals surface area contributed by atoms with Gasteiger partial charge < -0.3 is 30.5 Å². The number of aliphatic hydroxyl groups is 1. The quantitative estimate of drug-likeness (QED) is 0.0970. The number of aromatic nitrogens is 1. The summed E-state index contributed by atoms with van der Waals surface area (Å²) in [4.78, 5) is 57.2. The smallest absolute Gasteiger partial charge is 0.268 e. The number of ketones is 1. The number of nitrogens with zero attached hydrogens (tertiary/aromatic N) is 1. The van der Waals surface area contributed by atoms with Gasteiger partial charge in [-0.05, 0) is 32.8 Å². The van der Waals surface area contributed by atoms with Gasteiger partial charge >= 0.3 is 0 Å². The molecule has 49 heavy (non-hydrogen) atoms. The maximum Gasteiger partial charge on any atom is 0.268 e. The lowest BCUT2D eigenvalue weighted by Crippen LogP contribution is -2.59. The summed E-state index contributed by atoms with van der Waals surface area (Å²) in [6, 6.07) is 4.13. The van der Waals surface area contributed by atoms with Crippen LogP contribution in [-0.4, -0.2) is 98.9 Å². The molecule has 0 saturated carbocycles. The van der Waals surface area contributed by atoms with E-state index in [2.05, 4.69) is 27.9 Å². The van der Waals surface area contributed by atoms with Crippen molar-refractivity contribution in [2.45, 2.75) is 96.1 Å². The molecule has 1 aromatic heterocycles. The third-order valence-corrected chi connectivity index (χ3v) is 9.81. The van der Waals surface area contributed by atoms with Crippen molar-refractivity contribution in [2.24, 2.45) is 0 Å². The van der Waals surface area contributed by atoms with Crippen molar-refractivity contribution in [2.75, 3.05) is 33.2 Å². The highest BCUT2D eigenvalue weighted by Crippen LogP contribution is 2.33. The van der Waals surface area contributed by atoms with Crippen LogP contribution < -0.4 is 16.0 Å². The summed E-state index contributed by atoms with van der Waals surface area (Å²) >= 11 is 1.14. The van der Waals surface area contributed by atoms with Gasteiger partial charge in [0.2, 0.25) is 11.8 Å². The molecule has 0 fully saturated rings. The molecule has 3 amide bonds. The first-order valence-electron chi connectivity index (χ1n) is 16.2. The van der Waals surface area contributed by atoms with Crippen LogP contribution >= 0.6 is 11.3 Å². The SMILES string of the molecule is CCCCCCCCS(=O)(=O)OC(c1ccccc1)C(C)(O)C(=O)C(C)NC(=O)C(COC)NC(=O)C(COC)NC(=O)c1cnc(C)s1. The monoisotopic (exact) mass is 726 g/mol. The molecule has 0 spiro atoms. The molecule has 2 rings (SSSR count). The van der Waals surface area contributed by atoms with Gasteiger partial charge in [-0.1, -0.05) is 69.4 Å². The summed E-state index contributed by atoms with van der Waals surface area (Å²) in [6.45, 7) is 5.76. The first kappa shape index (κ1) is 41.9. The Labute approximate surface area is 292 Å². The van der Waals surface area contributed by atoms with E-state index >= 15 is 0 Å². The third kappa shape index (κ3) is 13.5. The molecule has 0 aliphatic carbocycles. The van der Waals surface area contributed by atoms with E-state index in [1.165, 1.54) is 39.5 Å². The van der Waals surface area contributed by atoms with E-state index in [0.717, 1.165) is 43.9 Å². The lowest BCUT2D eigenvalue weighted by molar-refractivity contribution is -0.149. The molecule has 0 radical (unpaired) electrons. The van der Waals surface area contributed by atoms with Crippen molar-refractivity contribution >= 4 is 45.0 Å². The first-order chi connectivity index (χ1) is 23.2. The van der Waals surface area contributed by atoms with Gasteiger partial charge in [-0.3, -0.25) is 23.4 Å². The Morgan fingerprint density at radius 1 is 0.918 bits per heavy atom. The predicted molar refractivity (Wildman–Crippen MR) is 184 cm³/mol. The summed E-state index contributed by atoms with van der Waals surface area (Å²) in [5.74, 6) is -3.36. The fraction of sp³-hybridized carbons (Fsp3) is 0.606. The summed E-state index contributed by atoms with van der Waals surface area (Å²) < 4.78 is 41.8. The van der Waals surface area contributed by atoms with Crippen molar-refractivity contribution < 1.29 is 46.4 Å². The number of ether oxygens (including phenoxy) is 2. The van der Waals surface area contributed by atoms with Crippen molar-refractivity contribution in [3.05, 3.63) is 52.0 Å². The number of nitrogens with one attached hydrogen (secondary N) is 3. The Bertz CT molecular complexity index is 1470. The highest BCUT2D eigenvalue weighted by molar-refractivity contribution is 7.86. The molecule has 0 saturated heterocycles. The van der Waals surface area contributed by atoms with E-state index < -0.39 is 63.5 Å². The Hall–Kier alpha value is -3.28. The maximum atomic E-state index is 13.7. The molecule has 0 bridgehead atoms. The molecular formula is C33H50N4O10S2. The molecule has 1 aromatic carbocycles. The van der Waals surface area contributed by atoms with Crippen LogP contribution in [0.4, 0.5) is 0 Å². The number of benzene rings is 1. The van der Waals surface area contributed by atoms with Crippen molar-refractivity contribution in [1.82, 2.24) is 20.9 Å². The molecule has 16 heteroatoms. The fourth-order valence-corrected chi connectivity index (χ4v) is 6.90. The van der Waals surface area contributed by atoms with E-state index in [1.54, 1.807) is 25.1 Å². The Balaban J connectivity index is 2.17. The van der Waals surface area contributed by atoms with Crippen LogP contribution in [0, 0.1) is 6.92 Å². The Morgan fingerprint density at radius 2 is 1.49 bits per heavy atom. The highest BCUT2D eigenvalue weighted by Gasteiger charge is 2.46. The topological polar surface area (TPSA) is 199 Å². The number of hydrogen-bond donors (Lipinski definition) is 4. The van der Waals surface area contributed by atoms with Crippen LogP contribution in [0.15, 0.2) is 36.5 Å². The molecule has 2 aromatic rings. The lowest BCUT2D eigenvalue weighted by atomic mass is 9.86. The average molecular weight is 727 g/mol. The molecule has 274 valence electrons. The molecule has 0 aliphatic heterocycles. The number of methoxy groups -OCH3 is 2. The predicted octanol–water partition coefficient (Wildman–Crippen LogP) is 2.60. The van der Waals surface area contributed by atoms with Gasteiger partial charge in [-0.15, -0.1) is 11.3 Å². The number of Topliss-reactive ketones (excluding diaryl/α,β-unsaturated/α-hetero) is 1. The zero-order chi connectivity index (χ0) is 36.6. The number of amides is 3. The van der Waals surface area contributed by atoms with Crippen LogP contribution in [0.2, 0.25) is 0 Å². The van der Waals surface area contributed by atoms with Crippen molar-refractivity contribution in [3.8, 4) is 0 Å². The summed E-state index contributed by atoms with van der Waals surface area (Å²) in [7, 11) is -1.52. The summed E-state index contributed by atoms with van der Waals surface area (Å²) in [6.07, 6.45) is 4.85. The number of unbranched alkanes of at least 4 members (excludes halogenated alkanes) is 5. The van der Waals surface area contributed by atoms with Gasteiger partial charge in [0.05, 0.1) is 36.2 Å². The molecular weight excluding hydrogens is 677 g/mol. The molecule has 4 N–H and O–H groups in total. The van der Waals surface area contributed by atoms with Gasteiger partial charge in [0.15, 0.2) is 11.4 Å². The fourth-order valence-electron chi connectivity index (χ4n) is 4.97. The van der Waals surface area contributed by atoms with Gasteiger partial charge in [0.25, 0.3) is 16.0 Å². The van der Waals surface area contributed by atoms with Crippen LogP contribution in [0.1, 0.15) is 85.6 Å². The number of aryl methyl sites for hydroxylation is 1. The van der Waals surface area contributed by atoms with E-state index in [1.807, 2.05) is 0 Å². The molecule has 0 aliphatic rings. The van der Waals surface area contributed by atoms with Crippen LogP contribution in [0.3, 0.4) is 0 Å². The number of carbonyl (C=O) groups excluding carboxylic acids is 4. The largest absolute Gasteiger partial charge is 0.382 e. The standard InChI is InChI=1S/C33H50N4O10S2/c1-7-8-9-10-11-15-18-49(43,44)47-29(24-16-13-12-14-17-24)33(4,42)28(38)22(2)35-30(39)25(20-45-5)36-31(40)26(21-46-6)37-32(41)27-19-34-23(3)48-27/h12-14,16-17,19,22,25-26,29,42H,7-11,15,18,20-21H2,1-6H3,(H,35,39)(H,36,40)(H,37,41). The number of carbonyl (C=O) groups is 4. The Morgan fingerprint density at radius 3 is 2.06 bits per heavy atom. The minimum atomic E-state index is -4.17. The Kier molecular flexibility index (Phi) is 17.4. The van der Waals surface area contributed by atoms with Gasteiger partial charge in [-0.2, -0.15) is 8.42 Å². The van der Waals surface area contributed by atoms with Gasteiger partial charge in [-0.25, -0.2) is 4.98 Å². The van der Waals surface area contributed by atoms with E-state index in [-0.39, 0.29) is 29.4 Å². The number of thiazole rings is 1. The zero-order valence-corrected chi connectivity index (χ0v) is 30.7. The summed E-state index contributed by atoms with van der Waals surface area (Å²) in [5.41, 5.74) is -2.17. The van der Waals surface area contributed by atoms with E-state index in [0.29, 0.717) is 17.8 Å². The van der Waals surface area contributed by atoms with E-state index in [4.69, 9.17) is 13.7 Å². The molecule has 1 heterocycles. The van der Waals surface area contributed by atoms with Gasteiger partial charge in [0, 0.05) is 14.2 Å². The first-order valence-corrected chi connectivity index (χ1v) is 18.6. The number of rotatable bonds is 23. The maximum absolute atomic E-state index is 13.7. The second-order valence-corrected chi connectivity index (χ2v) is 14.9. The highest BCUT2D eigenvalue weighted by atomic mass is 32.2.